The van der Waals surface area contributed by atoms with E-state index in [-0.39, 0.29) is 11.0 Å². The number of rotatable bonds is 2. The van der Waals surface area contributed by atoms with Gasteiger partial charge in [-0.3, -0.25) is 0 Å². The molecule has 1 nitrogen and oxygen atoms in total. The highest BCUT2D eigenvalue weighted by atomic mass is 79.9. The maximum absolute atomic E-state index is 6.27. The minimum absolute atomic E-state index is 0.0597. The second kappa shape index (κ2) is 3.47. The summed E-state index contributed by atoms with van der Waals surface area (Å²) in [5.41, 5.74) is 7.28. The Morgan fingerprint density at radius 2 is 2.00 bits per heavy atom. The molecule has 1 aromatic carbocycles. The Balaban J connectivity index is 2.56. The van der Waals surface area contributed by atoms with E-state index in [1.165, 1.54) is 5.56 Å². The average molecular weight is 289 g/mol. The minimum atomic E-state index is -0.222. The van der Waals surface area contributed by atoms with Gasteiger partial charge in [-0.2, -0.15) is 0 Å². The van der Waals surface area contributed by atoms with Crippen molar-refractivity contribution in [2.45, 2.75) is 37.6 Å². The van der Waals surface area contributed by atoms with Gasteiger partial charge in [-0.1, -0.05) is 33.6 Å². The molecule has 15 heavy (non-hydrogen) atoms. The van der Waals surface area contributed by atoms with E-state index in [4.69, 9.17) is 17.3 Å². The van der Waals surface area contributed by atoms with Crippen molar-refractivity contribution in [2.24, 2.45) is 5.73 Å². The monoisotopic (exact) mass is 287 g/mol. The Morgan fingerprint density at radius 1 is 1.40 bits per heavy atom. The van der Waals surface area contributed by atoms with Gasteiger partial charge in [-0.05, 0) is 44.4 Å². The van der Waals surface area contributed by atoms with Crippen LogP contribution in [0, 0.1) is 0 Å². The summed E-state index contributed by atoms with van der Waals surface area (Å²) in [6, 6.07) is 5.93. The molecule has 0 unspecified atom stereocenters. The van der Waals surface area contributed by atoms with E-state index in [9.17, 15) is 0 Å². The maximum atomic E-state index is 6.27. The minimum Gasteiger partial charge on any atom is -0.325 e. The summed E-state index contributed by atoms with van der Waals surface area (Å²) in [5, 5.41) is 0.820. The standard InChI is InChI=1S/C12H15BrClN/c1-11(2,15)12(6-7-12)10-8(13)4-3-5-9(10)14/h3-5H,6-7,15H2,1-2H3. The fraction of sp³-hybridized carbons (Fsp3) is 0.500. The van der Waals surface area contributed by atoms with Crippen molar-refractivity contribution in [1.82, 2.24) is 0 Å². The van der Waals surface area contributed by atoms with Gasteiger partial charge in [0, 0.05) is 20.4 Å². The summed E-state index contributed by atoms with van der Waals surface area (Å²) in [7, 11) is 0. The molecule has 2 rings (SSSR count). The smallest absolute Gasteiger partial charge is 0.0455 e. The molecule has 0 heterocycles. The second-order valence-corrected chi connectivity index (χ2v) is 6.16. The van der Waals surface area contributed by atoms with E-state index < -0.39 is 0 Å². The molecular formula is C12H15BrClN. The third-order valence-electron chi connectivity index (χ3n) is 3.42. The van der Waals surface area contributed by atoms with Crippen LogP contribution in [0.2, 0.25) is 5.02 Å². The van der Waals surface area contributed by atoms with Crippen molar-refractivity contribution < 1.29 is 0 Å². The summed E-state index contributed by atoms with van der Waals surface area (Å²) in [6.45, 7) is 4.16. The first-order valence-electron chi connectivity index (χ1n) is 5.12. The molecule has 3 heteroatoms. The molecule has 0 spiro atoms. The van der Waals surface area contributed by atoms with E-state index in [0.717, 1.165) is 22.3 Å². The maximum Gasteiger partial charge on any atom is 0.0455 e. The highest BCUT2D eigenvalue weighted by Crippen LogP contribution is 2.58. The predicted octanol–water partition coefficient (Wildman–Crippen LogP) is 3.87. The Bertz CT molecular complexity index is 371. The zero-order valence-electron chi connectivity index (χ0n) is 8.98. The van der Waals surface area contributed by atoms with Crippen molar-refractivity contribution in [3.05, 3.63) is 33.3 Å². The Labute approximate surface area is 104 Å². The third kappa shape index (κ3) is 1.73. The Hall–Kier alpha value is -0.0500. The van der Waals surface area contributed by atoms with Crippen molar-refractivity contribution in [3.8, 4) is 0 Å². The molecule has 0 aromatic heterocycles. The highest BCUT2D eigenvalue weighted by molar-refractivity contribution is 9.10. The van der Waals surface area contributed by atoms with Crippen LogP contribution in [0.3, 0.4) is 0 Å². The lowest BCUT2D eigenvalue weighted by atomic mass is 9.79. The van der Waals surface area contributed by atoms with Crippen molar-refractivity contribution in [2.75, 3.05) is 0 Å². The van der Waals surface area contributed by atoms with Crippen LogP contribution in [-0.4, -0.2) is 5.54 Å². The Kier molecular flexibility index (Phi) is 2.65. The first kappa shape index (κ1) is 11.4. The normalized spacial score (nSPS) is 19.0. The number of benzene rings is 1. The van der Waals surface area contributed by atoms with Gasteiger partial charge < -0.3 is 5.73 Å². The zero-order chi connectivity index (χ0) is 11.3. The number of halogens is 2. The molecule has 0 atom stereocenters. The van der Waals surface area contributed by atoms with Gasteiger partial charge in [0.2, 0.25) is 0 Å². The molecule has 0 saturated heterocycles. The van der Waals surface area contributed by atoms with Gasteiger partial charge in [0.05, 0.1) is 0 Å². The topological polar surface area (TPSA) is 26.0 Å². The fourth-order valence-electron chi connectivity index (χ4n) is 2.30. The molecule has 0 aliphatic heterocycles. The summed E-state index contributed by atoms with van der Waals surface area (Å²) in [5.74, 6) is 0. The SMILES string of the molecule is CC(C)(N)C1(c2c(Cl)cccc2Br)CC1. The van der Waals surface area contributed by atoms with E-state index in [2.05, 4.69) is 29.8 Å². The molecule has 1 aromatic rings. The van der Waals surface area contributed by atoms with Gasteiger partial charge in [0.25, 0.3) is 0 Å². The van der Waals surface area contributed by atoms with E-state index in [1.54, 1.807) is 0 Å². The van der Waals surface area contributed by atoms with Crippen LogP contribution in [-0.2, 0) is 5.41 Å². The molecule has 0 radical (unpaired) electrons. The summed E-state index contributed by atoms with van der Waals surface area (Å²) in [6.07, 6.45) is 2.25. The lowest BCUT2D eigenvalue weighted by molar-refractivity contribution is 0.390. The summed E-state index contributed by atoms with van der Waals surface area (Å²) >= 11 is 9.85. The molecule has 0 amide bonds. The van der Waals surface area contributed by atoms with Crippen molar-refractivity contribution >= 4 is 27.5 Å². The molecule has 1 saturated carbocycles. The third-order valence-corrected chi connectivity index (χ3v) is 4.40. The zero-order valence-corrected chi connectivity index (χ0v) is 11.3. The van der Waals surface area contributed by atoms with E-state index in [1.807, 2.05) is 18.2 Å². The van der Waals surface area contributed by atoms with Gasteiger partial charge in [-0.25, -0.2) is 0 Å². The summed E-state index contributed by atoms with van der Waals surface area (Å²) in [4.78, 5) is 0. The first-order chi connectivity index (χ1) is 6.88. The van der Waals surface area contributed by atoms with Crippen LogP contribution in [0.5, 0.6) is 0 Å². The predicted molar refractivity (Wildman–Crippen MR) is 68.3 cm³/mol. The van der Waals surface area contributed by atoms with Gasteiger partial charge in [0.15, 0.2) is 0 Å². The molecular weight excluding hydrogens is 273 g/mol. The molecule has 2 N–H and O–H groups in total. The van der Waals surface area contributed by atoms with E-state index >= 15 is 0 Å². The Morgan fingerprint density at radius 3 is 2.40 bits per heavy atom. The molecule has 0 bridgehead atoms. The first-order valence-corrected chi connectivity index (χ1v) is 6.29. The summed E-state index contributed by atoms with van der Waals surface area (Å²) < 4.78 is 1.08. The van der Waals surface area contributed by atoms with Gasteiger partial charge in [-0.15, -0.1) is 0 Å². The van der Waals surface area contributed by atoms with Crippen molar-refractivity contribution in [1.29, 1.82) is 0 Å². The van der Waals surface area contributed by atoms with Crippen LogP contribution in [0.15, 0.2) is 22.7 Å². The average Bonchev–Trinajstić information content (AvgIpc) is 2.83. The van der Waals surface area contributed by atoms with Gasteiger partial charge >= 0.3 is 0 Å². The van der Waals surface area contributed by atoms with Crippen LogP contribution in [0.25, 0.3) is 0 Å². The highest BCUT2D eigenvalue weighted by Gasteiger charge is 2.55. The molecule has 1 fully saturated rings. The largest absolute Gasteiger partial charge is 0.325 e. The number of nitrogens with two attached hydrogens (primary N) is 1. The molecule has 1 aliphatic rings. The second-order valence-electron chi connectivity index (χ2n) is 4.90. The van der Waals surface area contributed by atoms with Crippen LogP contribution in [0.4, 0.5) is 0 Å². The van der Waals surface area contributed by atoms with Gasteiger partial charge in [0.1, 0.15) is 0 Å². The van der Waals surface area contributed by atoms with Crippen LogP contribution < -0.4 is 5.73 Å². The quantitative estimate of drug-likeness (QED) is 0.878. The number of hydrogen-bond acceptors (Lipinski definition) is 1. The number of hydrogen-bond donors (Lipinski definition) is 1. The lowest BCUT2D eigenvalue weighted by Gasteiger charge is -2.32. The molecule has 1 aliphatic carbocycles. The molecule has 82 valence electrons. The fourth-order valence-corrected chi connectivity index (χ4v) is 3.51. The lowest BCUT2D eigenvalue weighted by Crippen LogP contribution is -2.45. The van der Waals surface area contributed by atoms with Crippen molar-refractivity contribution in [3.63, 3.8) is 0 Å². The van der Waals surface area contributed by atoms with E-state index in [0.29, 0.717) is 0 Å². The van der Waals surface area contributed by atoms with Crippen LogP contribution in [0.1, 0.15) is 32.3 Å². The van der Waals surface area contributed by atoms with Crippen LogP contribution >= 0.6 is 27.5 Å².